The predicted octanol–water partition coefficient (Wildman–Crippen LogP) is 2.83. The van der Waals surface area contributed by atoms with Gasteiger partial charge in [0.2, 0.25) is 10.0 Å². The van der Waals surface area contributed by atoms with Crippen molar-refractivity contribution in [2.24, 2.45) is 0 Å². The monoisotopic (exact) mass is 456 g/mol. The van der Waals surface area contributed by atoms with Gasteiger partial charge in [0.1, 0.15) is 18.3 Å². The van der Waals surface area contributed by atoms with Crippen molar-refractivity contribution in [2.75, 3.05) is 6.54 Å². The summed E-state index contributed by atoms with van der Waals surface area (Å²) in [5.41, 5.74) is 3.02. The molecule has 1 N–H and O–H groups in total. The number of sulfonamides is 1. The molecule has 0 unspecified atom stereocenters. The molecule has 4 rings (SSSR count). The Bertz CT molecular complexity index is 1220. The number of nitrogens with zero attached hydrogens (tertiary/aromatic N) is 2. The molecule has 0 radical (unpaired) electrons. The molecule has 32 heavy (non-hydrogen) atoms. The number of hydrogen-bond donors (Lipinski definition) is 1. The van der Waals surface area contributed by atoms with Crippen molar-refractivity contribution >= 4 is 16.0 Å². The number of aliphatic hydroxyl groups is 1. The maximum atomic E-state index is 13.2. The first-order chi connectivity index (χ1) is 15.3. The van der Waals surface area contributed by atoms with Gasteiger partial charge in [0.25, 0.3) is 0 Å². The van der Waals surface area contributed by atoms with Crippen LogP contribution < -0.4 is 0 Å². The van der Waals surface area contributed by atoms with Gasteiger partial charge in [0, 0.05) is 24.6 Å². The molecule has 168 valence electrons. The van der Waals surface area contributed by atoms with Crippen LogP contribution in [0.4, 0.5) is 0 Å². The van der Waals surface area contributed by atoms with E-state index in [0.717, 1.165) is 21.0 Å². The molecule has 1 aromatic heterocycles. The van der Waals surface area contributed by atoms with Crippen molar-refractivity contribution in [3.63, 3.8) is 0 Å². The second-order valence-corrected chi connectivity index (χ2v) is 9.77. The molecule has 0 amide bonds. The summed E-state index contributed by atoms with van der Waals surface area (Å²) in [7, 11) is -3.98. The minimum absolute atomic E-state index is 0.0308. The van der Waals surface area contributed by atoms with Gasteiger partial charge in [-0.3, -0.25) is 4.79 Å². The average molecular weight is 457 g/mol. The number of aryl methyl sites for hydroxylation is 2. The molecular formula is C23H24N2O6S. The van der Waals surface area contributed by atoms with Crippen LogP contribution in [-0.2, 0) is 26.2 Å². The van der Waals surface area contributed by atoms with E-state index in [9.17, 15) is 18.3 Å². The Labute approximate surface area is 186 Å². The molecular weight excluding hydrogens is 432 g/mol. The van der Waals surface area contributed by atoms with Gasteiger partial charge in [0.15, 0.2) is 5.76 Å². The lowest BCUT2D eigenvalue weighted by Gasteiger charge is -2.22. The third-order valence-electron chi connectivity index (χ3n) is 5.57. The summed E-state index contributed by atoms with van der Waals surface area (Å²) in [5, 5.41) is 14.0. The third-order valence-corrected chi connectivity index (χ3v) is 7.44. The Kier molecular flexibility index (Phi) is 6.14. The number of aliphatic hydroxyl groups excluding tert-OH is 1. The maximum Gasteiger partial charge on any atom is 0.324 e. The average Bonchev–Trinajstić information content (AvgIpc) is 3.41. The van der Waals surface area contributed by atoms with Gasteiger partial charge in [-0.2, -0.15) is 4.31 Å². The molecule has 2 aromatic carbocycles. The molecule has 1 aliphatic rings. The van der Waals surface area contributed by atoms with Gasteiger partial charge in [-0.1, -0.05) is 41.6 Å². The number of ether oxygens (including phenoxy) is 1. The number of carbonyl (C=O) groups excluding carboxylic acids is 1. The second kappa shape index (κ2) is 8.85. The number of esters is 1. The molecule has 0 spiro atoms. The van der Waals surface area contributed by atoms with Gasteiger partial charge in [-0.25, -0.2) is 8.42 Å². The van der Waals surface area contributed by atoms with Crippen LogP contribution in [0.5, 0.6) is 0 Å². The van der Waals surface area contributed by atoms with Crippen molar-refractivity contribution in [1.29, 1.82) is 0 Å². The Balaban J connectivity index is 1.48. The van der Waals surface area contributed by atoms with E-state index in [-0.39, 0.29) is 24.5 Å². The smallest absolute Gasteiger partial charge is 0.324 e. The highest BCUT2D eigenvalue weighted by molar-refractivity contribution is 7.89. The van der Waals surface area contributed by atoms with E-state index in [0.29, 0.717) is 11.5 Å². The van der Waals surface area contributed by atoms with Crippen LogP contribution in [-0.4, -0.2) is 47.6 Å². The van der Waals surface area contributed by atoms with E-state index in [1.54, 1.807) is 18.2 Å². The summed E-state index contributed by atoms with van der Waals surface area (Å²) in [6.45, 7) is 3.37. The van der Waals surface area contributed by atoms with Crippen LogP contribution in [0.2, 0.25) is 0 Å². The largest absolute Gasteiger partial charge is 0.458 e. The fourth-order valence-electron chi connectivity index (χ4n) is 3.63. The first-order valence-corrected chi connectivity index (χ1v) is 11.6. The van der Waals surface area contributed by atoms with E-state index in [1.807, 2.05) is 44.2 Å². The molecule has 2 heterocycles. The number of hydrogen-bond acceptors (Lipinski definition) is 7. The molecule has 8 nitrogen and oxygen atoms in total. The zero-order chi connectivity index (χ0) is 22.9. The summed E-state index contributed by atoms with van der Waals surface area (Å²) in [4.78, 5) is 12.8. The quantitative estimate of drug-likeness (QED) is 0.568. The Morgan fingerprint density at radius 1 is 1.16 bits per heavy atom. The zero-order valence-electron chi connectivity index (χ0n) is 17.8. The Hall–Kier alpha value is -3.01. The van der Waals surface area contributed by atoms with Gasteiger partial charge in [-0.05, 0) is 37.1 Å². The summed E-state index contributed by atoms with van der Waals surface area (Å²) >= 11 is 0. The lowest BCUT2D eigenvalue weighted by Crippen LogP contribution is -2.41. The van der Waals surface area contributed by atoms with E-state index < -0.39 is 28.1 Å². The lowest BCUT2D eigenvalue weighted by atomic mass is 10.1. The number of benzene rings is 2. The van der Waals surface area contributed by atoms with E-state index in [4.69, 9.17) is 9.26 Å². The Morgan fingerprint density at radius 3 is 2.62 bits per heavy atom. The second-order valence-electron chi connectivity index (χ2n) is 7.88. The summed E-state index contributed by atoms with van der Waals surface area (Å²) in [6, 6.07) is 14.7. The number of rotatable bonds is 6. The number of β-amino-alcohol motifs (C(OH)–C–C–N with tert-alkyl or cyclic N) is 1. The van der Waals surface area contributed by atoms with E-state index in [1.165, 1.54) is 6.07 Å². The van der Waals surface area contributed by atoms with Crippen molar-refractivity contribution in [2.45, 2.75) is 43.9 Å². The van der Waals surface area contributed by atoms with E-state index in [2.05, 4.69) is 5.16 Å². The first-order valence-electron chi connectivity index (χ1n) is 10.2. The highest BCUT2D eigenvalue weighted by Crippen LogP contribution is 2.28. The third kappa shape index (κ3) is 4.45. The van der Waals surface area contributed by atoms with Crippen molar-refractivity contribution in [3.05, 3.63) is 71.4 Å². The minimum atomic E-state index is -3.98. The van der Waals surface area contributed by atoms with Crippen LogP contribution in [0.3, 0.4) is 0 Å². The molecule has 9 heteroatoms. The van der Waals surface area contributed by atoms with Crippen molar-refractivity contribution < 1.29 is 27.6 Å². The van der Waals surface area contributed by atoms with Crippen molar-refractivity contribution in [3.8, 4) is 11.3 Å². The standard InChI is InChI=1S/C23H24N2O6S/c1-15-8-9-20(10-16(15)2)32(28,29)25-13-19(26)12-21(25)23(27)30-14-18-11-22(31-24-18)17-6-4-3-5-7-17/h3-11,19,21,26H,12-14H2,1-2H3/t19-,21+/m0/s1. The normalized spacial score (nSPS) is 19.2. The van der Waals surface area contributed by atoms with Gasteiger partial charge in [0.05, 0.1) is 11.0 Å². The van der Waals surface area contributed by atoms with Crippen LogP contribution in [0.25, 0.3) is 11.3 Å². The lowest BCUT2D eigenvalue weighted by molar-refractivity contribution is -0.149. The summed E-state index contributed by atoms with van der Waals surface area (Å²) in [5.74, 6) is -0.204. The molecule has 1 saturated heterocycles. The van der Waals surface area contributed by atoms with Gasteiger partial charge < -0.3 is 14.4 Å². The fourth-order valence-corrected chi connectivity index (χ4v) is 5.35. The van der Waals surface area contributed by atoms with E-state index >= 15 is 0 Å². The number of carbonyl (C=O) groups is 1. The summed E-state index contributed by atoms with van der Waals surface area (Å²) < 4.78 is 38.0. The molecule has 1 fully saturated rings. The number of aromatic nitrogens is 1. The zero-order valence-corrected chi connectivity index (χ0v) is 18.6. The molecule has 1 aliphatic heterocycles. The summed E-state index contributed by atoms with van der Waals surface area (Å²) in [6.07, 6.45) is -0.984. The van der Waals surface area contributed by atoms with Gasteiger partial charge >= 0.3 is 5.97 Å². The Morgan fingerprint density at radius 2 is 1.91 bits per heavy atom. The fraction of sp³-hybridized carbons (Fsp3) is 0.304. The minimum Gasteiger partial charge on any atom is -0.458 e. The molecule has 2 atom stereocenters. The SMILES string of the molecule is Cc1ccc(S(=O)(=O)N2C[C@@H](O)C[C@@H]2C(=O)OCc2cc(-c3ccccc3)on2)cc1C. The highest BCUT2D eigenvalue weighted by Gasteiger charge is 2.44. The predicted molar refractivity (Wildman–Crippen MR) is 116 cm³/mol. The molecule has 0 saturated carbocycles. The van der Waals surface area contributed by atoms with Crippen LogP contribution in [0.15, 0.2) is 64.0 Å². The van der Waals surface area contributed by atoms with Crippen LogP contribution in [0.1, 0.15) is 23.2 Å². The molecule has 3 aromatic rings. The van der Waals surface area contributed by atoms with Crippen LogP contribution in [0, 0.1) is 13.8 Å². The molecule has 0 aliphatic carbocycles. The first kappa shape index (κ1) is 22.2. The maximum absolute atomic E-state index is 13.2. The van der Waals surface area contributed by atoms with Crippen LogP contribution >= 0.6 is 0 Å². The van der Waals surface area contributed by atoms with Gasteiger partial charge in [-0.15, -0.1) is 0 Å². The molecule has 0 bridgehead atoms. The highest BCUT2D eigenvalue weighted by atomic mass is 32.2. The topological polar surface area (TPSA) is 110 Å². The van der Waals surface area contributed by atoms with Crippen molar-refractivity contribution in [1.82, 2.24) is 9.46 Å².